The van der Waals surface area contributed by atoms with E-state index in [0.29, 0.717) is 0 Å². The summed E-state index contributed by atoms with van der Waals surface area (Å²) < 4.78 is 0. The second-order valence-corrected chi connectivity index (χ2v) is 7.21. The van der Waals surface area contributed by atoms with Crippen LogP contribution in [0.1, 0.15) is 0 Å². The van der Waals surface area contributed by atoms with Gasteiger partial charge in [0.15, 0.2) is 0 Å². The molecule has 0 aliphatic heterocycles. The standard InChI is InChI=1S/CH5B37/c1-3-5-7-9-11-13-15-17-19-21-23-25-27-29-31-33-35-37-38-36-34-32-30-28-26-24-22-20-18-16-14-12-10-8-6-4-2/h2H2,1H3. The zero-order valence-corrected chi connectivity index (χ0v) is 22.8. The van der Waals surface area contributed by atoms with Crippen LogP contribution in [-0.4, -0.2) is 249 Å². The average molecular weight is 417 g/mol. The van der Waals surface area contributed by atoms with E-state index in [9.17, 15) is 0 Å². The van der Waals surface area contributed by atoms with Gasteiger partial charge in [0.25, 0.3) is 0 Å². The van der Waals surface area contributed by atoms with Gasteiger partial charge in [-0.3, -0.25) is 0 Å². The summed E-state index contributed by atoms with van der Waals surface area (Å²) in [6.07, 6.45) is 0. The van der Waals surface area contributed by atoms with E-state index >= 15 is 0 Å². The number of hydrogen-bond donors (Lipinski definition) is 0. The monoisotopic (exact) mass is 424 g/mol. The minimum absolute atomic E-state index is 2.00. The van der Waals surface area contributed by atoms with Crippen molar-refractivity contribution in [3.8, 4) is 0 Å². The molecule has 0 rings (SSSR count). The van der Waals surface area contributed by atoms with Gasteiger partial charge in [0.05, 0.1) is 0 Å². The Morgan fingerprint density at radius 2 is 0.342 bits per heavy atom. The molecule has 0 spiro atoms. The van der Waals surface area contributed by atoms with E-state index in [-0.39, 0.29) is 0 Å². The second-order valence-electron chi connectivity index (χ2n) is 7.21. The van der Waals surface area contributed by atoms with E-state index in [4.69, 9.17) is 0 Å². The molecule has 0 nitrogen and oxygen atoms in total. The van der Waals surface area contributed by atoms with Crippen LogP contribution in [0.25, 0.3) is 0 Å². The first kappa shape index (κ1) is 40.4. The molecule has 38 heavy (non-hydrogen) atoms. The Morgan fingerprint density at radius 1 is 0.211 bits per heavy atom. The normalized spacial score (nSPS) is 7.71. The van der Waals surface area contributed by atoms with Gasteiger partial charge in [-0.1, -0.05) is 0 Å². The van der Waals surface area contributed by atoms with E-state index in [1.807, 2.05) is 256 Å². The summed E-state index contributed by atoms with van der Waals surface area (Å²) >= 11 is 0. The van der Waals surface area contributed by atoms with Crippen molar-refractivity contribution in [2.75, 3.05) is 0 Å². The Balaban J connectivity index is 4.01. The Bertz CT molecular complexity index is 1010. The topological polar surface area (TPSA) is 0 Å². The van der Waals surface area contributed by atoms with E-state index in [1.165, 1.54) is 0 Å². The van der Waals surface area contributed by atoms with E-state index in [1.54, 1.807) is 0 Å². The molecule has 0 N–H and O–H groups in total. The zero-order valence-electron chi connectivity index (χ0n) is 22.8. The van der Waals surface area contributed by atoms with Gasteiger partial charge >= 0.3 is 256 Å². The summed E-state index contributed by atoms with van der Waals surface area (Å²) in [6.45, 7) is 74.0. The molecular formula is CH5B37. The quantitative estimate of drug-likeness (QED) is 0.207. The molecule has 0 unspecified atom stereocenters. The molecule has 0 radical (unpaired) electrons. The second kappa shape index (κ2) is 39.4. The van der Waals surface area contributed by atoms with E-state index in [0.717, 1.165) is 0 Å². The maximum absolute atomic E-state index is 2.00. The average Bonchev–Trinajstić information content (AvgIpc) is 2.93. The molecule has 0 aromatic heterocycles. The predicted molar refractivity (Wildman–Crippen MR) is 222 cm³/mol. The molecule has 0 bridgehead atoms. The number of rotatable bonds is 17. The first-order valence-electron chi connectivity index (χ1n) is 12.8. The van der Waals surface area contributed by atoms with E-state index < -0.39 is 0 Å². The summed E-state index contributed by atoms with van der Waals surface area (Å²) in [5, 5.41) is 0. The van der Waals surface area contributed by atoms with E-state index in [2.05, 4.69) is 0 Å². The van der Waals surface area contributed by atoms with Crippen LogP contribution in [0, 0.1) is 0 Å². The van der Waals surface area contributed by atoms with Gasteiger partial charge in [-0.25, -0.2) is 0 Å². The van der Waals surface area contributed by atoms with Crippen molar-refractivity contribution in [2.24, 2.45) is 0 Å². The fraction of sp³-hybridized carbons (Fsp3) is 1.00. The molecule has 37 heteroatoms. The van der Waals surface area contributed by atoms with Crippen molar-refractivity contribution in [1.29, 1.82) is 0 Å². The molecule has 0 heterocycles. The first-order chi connectivity index (χ1) is 18.9. The maximum atomic E-state index is 2.00. The van der Waals surface area contributed by atoms with Crippen molar-refractivity contribution in [1.82, 2.24) is 0 Å². The van der Waals surface area contributed by atoms with Crippen LogP contribution in [0.4, 0.5) is 0 Å². The predicted octanol–water partition coefficient (Wildman–Crippen LogP) is -14.0. The summed E-state index contributed by atoms with van der Waals surface area (Å²) in [5.74, 6) is 0. The molecule has 0 fully saturated rings. The third-order valence-corrected chi connectivity index (χ3v) is 4.05. The van der Waals surface area contributed by atoms with Gasteiger partial charge in [0.1, 0.15) is 0 Å². The first-order valence-corrected chi connectivity index (χ1v) is 12.8. The molecule has 0 aromatic carbocycles. The molecule has 0 saturated carbocycles. The molecular weight excluding hydrogens is 412 g/mol. The van der Waals surface area contributed by atoms with Crippen LogP contribution < -0.4 is 0 Å². The van der Waals surface area contributed by atoms with Crippen LogP contribution >= 0.6 is 0 Å². The SMILES string of the molecule is BB=BB=BB=BB=BB=BB=BB=BB=BB=BB=BB=BB=BB=BB=BB=BB=BB=BB=BC. The molecule has 0 saturated heterocycles. The summed E-state index contributed by atoms with van der Waals surface area (Å²) in [7, 11) is 2.00. The minimum atomic E-state index is 2.00. The molecule has 0 aliphatic rings. The van der Waals surface area contributed by atoms with Gasteiger partial charge in [0, 0.05) is 0 Å². The number of hydrogen-bond acceptors (Lipinski definition) is 0. The summed E-state index contributed by atoms with van der Waals surface area (Å²) in [6, 6.07) is 0. The summed E-state index contributed by atoms with van der Waals surface area (Å²) in [5.41, 5.74) is 0. The fourth-order valence-corrected chi connectivity index (χ4v) is 2.28. The van der Waals surface area contributed by atoms with Crippen molar-refractivity contribution < 1.29 is 0 Å². The van der Waals surface area contributed by atoms with Crippen molar-refractivity contribution >= 4 is 249 Å². The van der Waals surface area contributed by atoms with Gasteiger partial charge < -0.3 is 0 Å². The van der Waals surface area contributed by atoms with Crippen molar-refractivity contribution in [3.05, 3.63) is 0 Å². The van der Waals surface area contributed by atoms with Gasteiger partial charge in [-0.05, 0) is 0 Å². The van der Waals surface area contributed by atoms with Crippen LogP contribution in [0.3, 0.4) is 0 Å². The van der Waals surface area contributed by atoms with Crippen LogP contribution in [0.5, 0.6) is 0 Å². The molecule has 120 valence electrons. The molecule has 0 aromatic rings. The fourth-order valence-electron chi connectivity index (χ4n) is 2.28. The van der Waals surface area contributed by atoms with Crippen molar-refractivity contribution in [3.63, 3.8) is 0 Å². The molecule has 0 aliphatic carbocycles. The Labute approximate surface area is 254 Å². The van der Waals surface area contributed by atoms with Gasteiger partial charge in [0.2, 0.25) is 0 Å². The third-order valence-electron chi connectivity index (χ3n) is 4.05. The Hall–Kier alpha value is 2.40. The van der Waals surface area contributed by atoms with Crippen LogP contribution in [0.2, 0.25) is 6.82 Å². The molecule has 0 amide bonds. The molecule has 0 atom stereocenters. The van der Waals surface area contributed by atoms with Crippen molar-refractivity contribution in [2.45, 2.75) is 6.82 Å². The van der Waals surface area contributed by atoms with Crippen LogP contribution in [0.15, 0.2) is 0 Å². The van der Waals surface area contributed by atoms with Crippen LogP contribution in [-0.2, 0) is 0 Å². The van der Waals surface area contributed by atoms with Gasteiger partial charge in [-0.15, -0.1) is 0 Å². The summed E-state index contributed by atoms with van der Waals surface area (Å²) in [4.78, 5) is 0. The third kappa shape index (κ3) is 38.4. The Morgan fingerprint density at radius 3 is 0.474 bits per heavy atom. The van der Waals surface area contributed by atoms with Gasteiger partial charge in [-0.2, -0.15) is 0 Å². The zero-order chi connectivity index (χ0) is 27.5. The Kier molecular flexibility index (Phi) is 41.9.